The molecule has 0 saturated heterocycles. The van der Waals surface area contributed by atoms with Crippen LogP contribution in [0.2, 0.25) is 0 Å². The molecule has 0 amide bonds. The summed E-state index contributed by atoms with van der Waals surface area (Å²) >= 11 is 0. The summed E-state index contributed by atoms with van der Waals surface area (Å²) in [5.41, 5.74) is 9.81. The van der Waals surface area contributed by atoms with Crippen molar-refractivity contribution in [3.05, 3.63) is 42.2 Å². The second-order valence-corrected chi connectivity index (χ2v) is 7.73. The number of pyridine rings is 1. The largest absolute Gasteiger partial charge is 0.494 e. The lowest BCUT2D eigenvalue weighted by atomic mass is 10.2. The van der Waals surface area contributed by atoms with E-state index < -0.39 is 21.9 Å². The molecule has 0 aliphatic rings. The van der Waals surface area contributed by atoms with Gasteiger partial charge in [0.15, 0.2) is 5.82 Å². The zero-order chi connectivity index (χ0) is 25.4. The average molecular weight is 490 g/mol. The number of hydrogen-bond donors (Lipinski definition) is 4. The molecule has 1 heterocycles. The molecule has 0 fully saturated rings. The van der Waals surface area contributed by atoms with Crippen molar-refractivity contribution in [2.24, 2.45) is 16.6 Å². The lowest BCUT2D eigenvalue weighted by Gasteiger charge is -2.22. The van der Waals surface area contributed by atoms with Gasteiger partial charge in [0.1, 0.15) is 27.7 Å². The SMILES string of the molecule is CC.COc1ccc(N)c(N(C)N)c1NS(=O)(=O)c1ccc(N=C/C=C(\N)C(F)(F)F)nc1. The highest BCUT2D eigenvalue weighted by molar-refractivity contribution is 7.92. The molecule has 0 unspecified atom stereocenters. The molecule has 182 valence electrons. The van der Waals surface area contributed by atoms with Crippen molar-refractivity contribution in [3.8, 4) is 5.75 Å². The van der Waals surface area contributed by atoms with E-state index in [4.69, 9.17) is 22.0 Å². The monoisotopic (exact) mass is 489 g/mol. The Labute approximate surface area is 190 Å². The maximum atomic E-state index is 12.8. The number of nitrogens with one attached hydrogen (secondary N) is 1. The lowest BCUT2D eigenvalue weighted by molar-refractivity contribution is -0.0925. The van der Waals surface area contributed by atoms with Crippen LogP contribution < -0.4 is 31.8 Å². The first-order valence-corrected chi connectivity index (χ1v) is 10.9. The molecule has 2 rings (SSSR count). The van der Waals surface area contributed by atoms with Crippen LogP contribution >= 0.6 is 0 Å². The Morgan fingerprint density at radius 3 is 2.36 bits per heavy atom. The number of halogens is 3. The number of allylic oxidation sites excluding steroid dienone is 2. The molecular weight excluding hydrogens is 463 g/mol. The summed E-state index contributed by atoms with van der Waals surface area (Å²) < 4.78 is 70.1. The number of aromatic nitrogens is 1. The number of nitrogens with two attached hydrogens (primary N) is 3. The molecule has 0 spiro atoms. The van der Waals surface area contributed by atoms with Crippen molar-refractivity contribution < 1.29 is 26.3 Å². The van der Waals surface area contributed by atoms with Crippen LogP contribution in [-0.2, 0) is 10.0 Å². The molecule has 0 saturated carbocycles. The van der Waals surface area contributed by atoms with Crippen LogP contribution in [0.25, 0.3) is 0 Å². The highest BCUT2D eigenvalue weighted by Crippen LogP contribution is 2.39. The summed E-state index contributed by atoms with van der Waals surface area (Å²) in [5, 5.41) is 1.13. The Hall–Kier alpha value is -3.52. The standard InChI is InChI=1S/C17H20F3N7O3S.C2H6/c1-27(23)16-11(21)4-5-12(30-2)15(16)26-31(28,29)10-3-6-14(25-9-10)24-8-7-13(22)17(18,19)20;1-2/h3-9,26H,21-23H2,1-2H3;1-2H3/b13-7-,24-8?;. The molecule has 1 aromatic carbocycles. The fourth-order valence-electron chi connectivity index (χ4n) is 2.33. The third kappa shape index (κ3) is 7.25. The van der Waals surface area contributed by atoms with Gasteiger partial charge in [0.25, 0.3) is 10.0 Å². The summed E-state index contributed by atoms with van der Waals surface area (Å²) in [5.74, 6) is 5.90. The van der Waals surface area contributed by atoms with Crippen LogP contribution in [0, 0.1) is 0 Å². The average Bonchev–Trinajstić information content (AvgIpc) is 2.74. The minimum Gasteiger partial charge on any atom is -0.494 e. The van der Waals surface area contributed by atoms with E-state index in [-0.39, 0.29) is 33.5 Å². The van der Waals surface area contributed by atoms with Gasteiger partial charge < -0.3 is 21.2 Å². The van der Waals surface area contributed by atoms with Crippen LogP contribution in [0.3, 0.4) is 0 Å². The van der Waals surface area contributed by atoms with Gasteiger partial charge in [-0.25, -0.2) is 24.2 Å². The molecule has 14 heteroatoms. The fraction of sp³-hybridized carbons (Fsp3) is 0.263. The van der Waals surface area contributed by atoms with Gasteiger partial charge in [0.05, 0.1) is 12.8 Å². The second kappa shape index (κ2) is 11.4. The van der Waals surface area contributed by atoms with Crippen molar-refractivity contribution >= 4 is 39.1 Å². The molecule has 33 heavy (non-hydrogen) atoms. The van der Waals surface area contributed by atoms with Crippen LogP contribution in [0.5, 0.6) is 5.75 Å². The molecule has 7 N–H and O–H groups in total. The molecule has 1 aromatic heterocycles. The second-order valence-electron chi connectivity index (χ2n) is 6.05. The Bertz CT molecular complexity index is 1100. The predicted octanol–water partition coefficient (Wildman–Crippen LogP) is 2.92. The Morgan fingerprint density at radius 1 is 1.24 bits per heavy atom. The van der Waals surface area contributed by atoms with Gasteiger partial charge in [-0.15, -0.1) is 0 Å². The summed E-state index contributed by atoms with van der Waals surface area (Å²) in [6.07, 6.45) is -2.33. The first kappa shape index (κ1) is 27.5. The highest BCUT2D eigenvalue weighted by atomic mass is 32.2. The lowest BCUT2D eigenvalue weighted by Crippen LogP contribution is -2.28. The van der Waals surface area contributed by atoms with E-state index in [1.165, 1.54) is 38.4 Å². The normalized spacial score (nSPS) is 12.2. The molecule has 0 radical (unpaired) electrons. The minimum absolute atomic E-state index is 0.0161. The predicted molar refractivity (Wildman–Crippen MR) is 123 cm³/mol. The number of nitrogen functional groups attached to an aromatic ring is 1. The van der Waals surface area contributed by atoms with Crippen LogP contribution in [-0.4, -0.2) is 40.0 Å². The topological polar surface area (TPSA) is 162 Å². The smallest absolute Gasteiger partial charge is 0.430 e. The third-order valence-electron chi connectivity index (χ3n) is 3.80. The summed E-state index contributed by atoms with van der Waals surface area (Å²) in [6.45, 7) is 4.00. The van der Waals surface area contributed by atoms with E-state index >= 15 is 0 Å². The van der Waals surface area contributed by atoms with E-state index in [1.807, 2.05) is 13.8 Å². The zero-order valence-electron chi connectivity index (χ0n) is 18.4. The van der Waals surface area contributed by atoms with Crippen molar-refractivity contribution in [2.75, 3.05) is 29.6 Å². The summed E-state index contributed by atoms with van der Waals surface area (Å²) in [4.78, 5) is 7.24. The number of methoxy groups -OCH3 is 1. The van der Waals surface area contributed by atoms with Crippen LogP contribution in [0.4, 0.5) is 36.1 Å². The molecule has 0 aliphatic heterocycles. The number of hydrazine groups is 1. The zero-order valence-corrected chi connectivity index (χ0v) is 19.2. The van der Waals surface area contributed by atoms with Crippen molar-refractivity contribution in [3.63, 3.8) is 0 Å². The van der Waals surface area contributed by atoms with E-state index in [0.29, 0.717) is 6.08 Å². The highest BCUT2D eigenvalue weighted by Gasteiger charge is 2.30. The number of rotatable bonds is 7. The van der Waals surface area contributed by atoms with Gasteiger partial charge in [-0.3, -0.25) is 4.72 Å². The van der Waals surface area contributed by atoms with Crippen molar-refractivity contribution in [2.45, 2.75) is 24.9 Å². The minimum atomic E-state index is -4.68. The first-order chi connectivity index (χ1) is 15.4. The van der Waals surface area contributed by atoms with E-state index in [9.17, 15) is 21.6 Å². The Morgan fingerprint density at radius 2 is 1.88 bits per heavy atom. The maximum absolute atomic E-state index is 12.8. The number of alkyl halides is 3. The number of nitrogens with zero attached hydrogens (tertiary/aromatic N) is 3. The van der Waals surface area contributed by atoms with Gasteiger partial charge in [0.2, 0.25) is 0 Å². The van der Waals surface area contributed by atoms with E-state index in [1.54, 1.807) is 0 Å². The number of sulfonamides is 1. The fourth-order valence-corrected chi connectivity index (χ4v) is 3.35. The van der Waals surface area contributed by atoms with Gasteiger partial charge in [0, 0.05) is 19.5 Å². The van der Waals surface area contributed by atoms with Gasteiger partial charge in [-0.2, -0.15) is 13.2 Å². The summed E-state index contributed by atoms with van der Waals surface area (Å²) in [7, 11) is -1.34. The molecule has 0 bridgehead atoms. The Balaban J connectivity index is 0.00000265. The van der Waals surface area contributed by atoms with E-state index in [0.717, 1.165) is 17.4 Å². The summed E-state index contributed by atoms with van der Waals surface area (Å²) in [6, 6.07) is 5.35. The third-order valence-corrected chi connectivity index (χ3v) is 5.13. The van der Waals surface area contributed by atoms with Gasteiger partial charge in [-0.05, 0) is 30.3 Å². The Kier molecular flexibility index (Phi) is 9.48. The number of aliphatic imine (C=N–C) groups is 1. The number of ether oxygens (including phenoxy) is 1. The van der Waals surface area contributed by atoms with Crippen LogP contribution in [0.1, 0.15) is 13.8 Å². The molecular formula is C19H26F3N7O3S. The molecule has 0 aliphatic carbocycles. The van der Waals surface area contributed by atoms with Crippen molar-refractivity contribution in [1.82, 2.24) is 4.98 Å². The van der Waals surface area contributed by atoms with Gasteiger partial charge >= 0.3 is 6.18 Å². The first-order valence-electron chi connectivity index (χ1n) is 9.37. The van der Waals surface area contributed by atoms with Crippen LogP contribution in [0.15, 0.2) is 52.1 Å². The quantitative estimate of drug-likeness (QED) is 0.200. The molecule has 0 atom stereocenters. The van der Waals surface area contributed by atoms with E-state index in [2.05, 4.69) is 14.7 Å². The number of hydrogen-bond acceptors (Lipinski definition) is 9. The number of anilines is 3. The van der Waals surface area contributed by atoms with Crippen molar-refractivity contribution in [1.29, 1.82) is 0 Å². The van der Waals surface area contributed by atoms with Gasteiger partial charge in [-0.1, -0.05) is 13.8 Å². The maximum Gasteiger partial charge on any atom is 0.430 e. The molecule has 2 aromatic rings. The molecule has 10 nitrogen and oxygen atoms in total. The number of benzene rings is 1.